The third kappa shape index (κ3) is 11.3. The van der Waals surface area contributed by atoms with E-state index in [1.54, 1.807) is 6.92 Å². The summed E-state index contributed by atoms with van der Waals surface area (Å²) in [5.41, 5.74) is -1.07. The van der Waals surface area contributed by atoms with Gasteiger partial charge < -0.3 is 109 Å². The van der Waals surface area contributed by atoms with E-state index in [1.165, 1.54) is 5.57 Å². The molecule has 0 spiro atoms. The first kappa shape index (κ1) is 64.8. The molecule has 0 aromatic heterocycles. The van der Waals surface area contributed by atoms with Crippen molar-refractivity contribution in [3.63, 3.8) is 0 Å². The highest BCUT2D eigenvalue weighted by molar-refractivity contribution is 5.73. The Balaban J connectivity index is 0.942. The third-order valence-electron chi connectivity index (χ3n) is 22.4. The predicted molar refractivity (Wildman–Crippen MR) is 292 cm³/mol. The summed E-state index contributed by atoms with van der Waals surface area (Å²) in [7, 11) is 0. The molecule has 24 heteroatoms. The number of aliphatic hydroxyl groups is 11. The molecule has 28 atom stereocenters. The summed E-state index contributed by atoms with van der Waals surface area (Å²) in [5, 5.41) is 131. The van der Waals surface area contributed by atoms with Crippen molar-refractivity contribution in [1.82, 2.24) is 0 Å². The molecule has 10 rings (SSSR count). The zero-order chi connectivity index (χ0) is 61.5. The summed E-state index contributed by atoms with van der Waals surface area (Å²) in [5.74, 6) is -2.39. The molecule has 4 saturated heterocycles. The van der Waals surface area contributed by atoms with Crippen LogP contribution >= 0.6 is 0 Å². The van der Waals surface area contributed by atoms with Gasteiger partial charge in [-0.15, -0.1) is 0 Å². The van der Waals surface area contributed by atoms with Crippen molar-refractivity contribution in [2.24, 2.45) is 50.2 Å². The second kappa shape index (κ2) is 24.5. The number of allylic oxidation sites excluding steroid dienone is 2. The van der Waals surface area contributed by atoms with Crippen LogP contribution in [0.4, 0.5) is 0 Å². The molecule has 1 aromatic carbocycles. The van der Waals surface area contributed by atoms with E-state index in [4.69, 9.17) is 42.6 Å². The Morgan fingerprint density at radius 1 is 0.647 bits per heavy atom. The second-order valence-electron chi connectivity index (χ2n) is 27.7. The Morgan fingerprint density at radius 2 is 1.31 bits per heavy atom. The van der Waals surface area contributed by atoms with Crippen molar-refractivity contribution in [2.45, 2.75) is 235 Å². The number of aryl methyl sites for hydroxylation is 1. The molecule has 478 valence electrons. The lowest BCUT2D eigenvalue weighted by atomic mass is 9.33. The molecule has 0 amide bonds. The van der Waals surface area contributed by atoms with Crippen LogP contribution in [0.5, 0.6) is 0 Å². The molecule has 1 aromatic rings. The van der Waals surface area contributed by atoms with E-state index in [0.29, 0.717) is 44.9 Å². The van der Waals surface area contributed by atoms with Crippen molar-refractivity contribution < 1.29 is 118 Å². The zero-order valence-corrected chi connectivity index (χ0v) is 49.2. The third-order valence-corrected chi connectivity index (χ3v) is 22.4. The maximum absolute atomic E-state index is 14.2. The number of carboxylic acids is 1. The molecule has 12 N–H and O–H groups in total. The van der Waals surface area contributed by atoms with E-state index < -0.39 is 165 Å². The molecule has 5 aliphatic carbocycles. The standard InChI is InChI=1S/C61H90O24/c1-56(2)22-31-30-13-14-36-57(3)18-17-37(58(4,27-63)35(57)16-19-60(36,6)59(30,5)20-21-61(31,28-64)38(23-56)80-39(67)15-12-29-10-8-7-9-11-29)81-55-50(85-53-45(73)43(71)42(70)34(24-62)79-53)47(46(74)48(83-55)51(75)76)82-54-49(41(69)33(66)26-78-54)84-52-44(72)40(68)32(65)25-77-52/h7-11,13,27,31-38,40-50,52-55,62,64-66,68-74H,12,14-26,28H2,1-6H3,(H,75,76). The minimum atomic E-state index is -2.24. The molecule has 4 aliphatic heterocycles. The largest absolute Gasteiger partial charge is 0.479 e. The van der Waals surface area contributed by atoms with Gasteiger partial charge in [-0.2, -0.15) is 0 Å². The lowest BCUT2D eigenvalue weighted by Crippen LogP contribution is -2.69. The average Bonchev–Trinajstić information content (AvgIpc) is 0.717. The number of aldehydes is 1. The number of esters is 1. The number of hydrogen-bond donors (Lipinski definition) is 12. The fraction of sp³-hybridized carbons (Fsp3) is 0.820. The van der Waals surface area contributed by atoms with E-state index in [0.717, 1.165) is 24.7 Å². The number of rotatable bonds is 16. The normalized spacial score (nSPS) is 49.6. The van der Waals surface area contributed by atoms with Gasteiger partial charge >= 0.3 is 11.9 Å². The van der Waals surface area contributed by atoms with Crippen LogP contribution in [0.3, 0.4) is 0 Å². The van der Waals surface area contributed by atoms with Crippen LogP contribution in [0.15, 0.2) is 42.0 Å². The van der Waals surface area contributed by atoms with Crippen LogP contribution in [0.25, 0.3) is 0 Å². The number of carbonyl (C=O) groups excluding carboxylic acids is 2. The lowest BCUT2D eigenvalue weighted by Gasteiger charge is -2.71. The number of carbonyl (C=O) groups is 3. The summed E-state index contributed by atoms with van der Waals surface area (Å²) in [4.78, 5) is 41.0. The molecule has 8 fully saturated rings. The van der Waals surface area contributed by atoms with Crippen molar-refractivity contribution in [3.8, 4) is 0 Å². The van der Waals surface area contributed by atoms with Crippen LogP contribution in [-0.4, -0.2) is 229 Å². The molecular weight excluding hydrogens is 1120 g/mol. The average molecular weight is 1210 g/mol. The Labute approximate surface area is 494 Å². The minimum Gasteiger partial charge on any atom is -0.479 e. The molecule has 9 aliphatic rings. The number of ether oxygens (including phenoxy) is 9. The van der Waals surface area contributed by atoms with Crippen molar-refractivity contribution in [2.75, 3.05) is 26.4 Å². The highest BCUT2D eigenvalue weighted by Crippen LogP contribution is 2.76. The number of fused-ring (bicyclic) bond motifs is 7. The van der Waals surface area contributed by atoms with Gasteiger partial charge in [0.1, 0.15) is 91.7 Å². The summed E-state index contributed by atoms with van der Waals surface area (Å²) >= 11 is 0. The molecule has 24 nitrogen and oxygen atoms in total. The van der Waals surface area contributed by atoms with Crippen molar-refractivity contribution in [3.05, 3.63) is 47.5 Å². The summed E-state index contributed by atoms with van der Waals surface area (Å²) < 4.78 is 54.9. The van der Waals surface area contributed by atoms with E-state index in [-0.39, 0.29) is 59.4 Å². The smallest absolute Gasteiger partial charge is 0.335 e. The maximum Gasteiger partial charge on any atom is 0.335 e. The number of hydrogen-bond acceptors (Lipinski definition) is 23. The van der Waals surface area contributed by atoms with Gasteiger partial charge in [0.2, 0.25) is 0 Å². The quantitative estimate of drug-likeness (QED) is 0.0453. The Bertz CT molecular complexity index is 2550. The first-order chi connectivity index (χ1) is 40.1. The van der Waals surface area contributed by atoms with Crippen molar-refractivity contribution in [1.29, 1.82) is 0 Å². The first-order valence-corrected chi connectivity index (χ1v) is 30.2. The topological polar surface area (TPSA) is 377 Å². The molecule has 4 heterocycles. The number of aliphatic hydroxyl groups excluding tert-OH is 11. The number of benzene rings is 1. The predicted octanol–water partition coefficient (Wildman–Crippen LogP) is 0.142. The zero-order valence-electron chi connectivity index (χ0n) is 49.2. The minimum absolute atomic E-state index is 0.0306. The van der Waals surface area contributed by atoms with Gasteiger partial charge in [0.05, 0.1) is 37.9 Å². The van der Waals surface area contributed by atoms with E-state index in [9.17, 15) is 75.7 Å². The SMILES string of the molecule is CC1(C)CC(OC(=O)CCc2ccccc2)C2(CO)CCC3(C)C(=CCC4C5(C)CCC(OC6OC(C(=O)O)C(O)C(OC7OCC(O)C(O)C7OC7OCC(O)C(O)C7O)C6OC6OC(CO)C(O)C(O)C6O)C(C)(C=O)C5CCC43C)C2C1. The molecule has 0 radical (unpaired) electrons. The van der Waals surface area contributed by atoms with E-state index in [2.05, 4.69) is 40.7 Å². The lowest BCUT2D eigenvalue weighted by molar-refractivity contribution is -0.398. The summed E-state index contributed by atoms with van der Waals surface area (Å²) in [6, 6.07) is 9.80. The summed E-state index contributed by atoms with van der Waals surface area (Å²) in [6.07, 6.45) is -26.2. The van der Waals surface area contributed by atoms with Crippen LogP contribution < -0.4 is 0 Å². The van der Waals surface area contributed by atoms with Gasteiger partial charge in [0.25, 0.3) is 0 Å². The van der Waals surface area contributed by atoms with E-state index >= 15 is 0 Å². The molecule has 0 bridgehead atoms. The fourth-order valence-corrected chi connectivity index (χ4v) is 17.3. The Kier molecular flexibility index (Phi) is 18.7. The van der Waals surface area contributed by atoms with Gasteiger partial charge in [0.15, 0.2) is 31.3 Å². The number of aliphatic carboxylic acids is 1. The van der Waals surface area contributed by atoms with Crippen LogP contribution in [0, 0.1) is 50.2 Å². The fourth-order valence-electron chi connectivity index (χ4n) is 17.3. The molecule has 85 heavy (non-hydrogen) atoms. The number of carboxylic acid groups (broad SMARTS) is 1. The van der Waals surface area contributed by atoms with Crippen molar-refractivity contribution >= 4 is 18.2 Å². The first-order valence-electron chi connectivity index (χ1n) is 30.2. The van der Waals surface area contributed by atoms with Gasteiger partial charge in [-0.1, -0.05) is 83.5 Å². The highest BCUT2D eigenvalue weighted by Gasteiger charge is 2.71. The Morgan fingerprint density at radius 3 is 1.98 bits per heavy atom. The maximum atomic E-state index is 14.2. The molecule has 4 saturated carbocycles. The van der Waals surface area contributed by atoms with Crippen LogP contribution in [-0.2, 0) is 63.4 Å². The van der Waals surface area contributed by atoms with Gasteiger partial charge in [-0.3, -0.25) is 4.79 Å². The van der Waals surface area contributed by atoms with Crippen LogP contribution in [0.2, 0.25) is 0 Å². The van der Waals surface area contributed by atoms with Gasteiger partial charge in [-0.05, 0) is 109 Å². The second-order valence-corrected chi connectivity index (χ2v) is 27.7. The molecule has 28 unspecified atom stereocenters. The van der Waals surface area contributed by atoms with Gasteiger partial charge in [0, 0.05) is 11.8 Å². The summed E-state index contributed by atoms with van der Waals surface area (Å²) in [6.45, 7) is 11.0. The monoisotopic (exact) mass is 1210 g/mol. The van der Waals surface area contributed by atoms with Crippen LogP contribution in [0.1, 0.15) is 111 Å². The Hall–Kier alpha value is -3.19. The highest BCUT2D eigenvalue weighted by atomic mass is 16.8. The molecular formula is C61H90O24. The van der Waals surface area contributed by atoms with Gasteiger partial charge in [-0.25, -0.2) is 4.79 Å². The van der Waals surface area contributed by atoms with E-state index in [1.807, 2.05) is 30.3 Å².